The highest BCUT2D eigenvalue weighted by Gasteiger charge is 2.27. The molecule has 9 heteroatoms. The van der Waals surface area contributed by atoms with Gasteiger partial charge in [0.2, 0.25) is 5.91 Å². The maximum Gasteiger partial charge on any atom is 0.472 e. The SMILES string of the molecule is CCCCCCCCCC/C=C\CCCCCCCCCCCCCCCCCC(=O)NC(COP(=O)(O)OCC[N+](C)(C)C)C(O)/C=C/CC/C=C/CCCCCCCCCCCCCCCCCC. The van der Waals surface area contributed by atoms with Crippen LogP contribution in [0, 0.1) is 0 Å². The number of aliphatic hydroxyl groups is 1. The lowest BCUT2D eigenvalue weighted by atomic mass is 10.0. The Hall–Kier alpha value is -1.28. The van der Waals surface area contributed by atoms with E-state index in [2.05, 4.69) is 43.5 Å². The Bertz CT molecular complexity index is 1250. The molecule has 0 aromatic heterocycles. The van der Waals surface area contributed by atoms with Crippen molar-refractivity contribution in [2.24, 2.45) is 0 Å². The van der Waals surface area contributed by atoms with Crippen molar-refractivity contribution in [3.63, 3.8) is 0 Å². The summed E-state index contributed by atoms with van der Waals surface area (Å²) in [4.78, 5) is 23.3. The van der Waals surface area contributed by atoms with E-state index in [-0.39, 0.29) is 19.1 Å². The number of amides is 1. The first kappa shape index (κ1) is 69.7. The normalized spacial score (nSPS) is 14.1. The molecular formula is C62H122N2O6P+. The zero-order valence-electron chi connectivity index (χ0n) is 48.0. The second-order valence-corrected chi connectivity index (χ2v) is 23.9. The quantitative estimate of drug-likeness (QED) is 0.0243. The van der Waals surface area contributed by atoms with Gasteiger partial charge in [-0.15, -0.1) is 0 Å². The van der Waals surface area contributed by atoms with E-state index in [9.17, 15) is 19.4 Å². The molecule has 0 aromatic carbocycles. The molecule has 0 aliphatic carbocycles. The zero-order chi connectivity index (χ0) is 52.0. The molecule has 3 unspecified atom stereocenters. The molecule has 0 rings (SSSR count). The highest BCUT2D eigenvalue weighted by Crippen LogP contribution is 2.43. The van der Waals surface area contributed by atoms with E-state index in [0.29, 0.717) is 17.4 Å². The Labute approximate surface area is 442 Å². The molecule has 0 bridgehead atoms. The Morgan fingerprint density at radius 1 is 0.465 bits per heavy atom. The number of hydrogen-bond donors (Lipinski definition) is 3. The predicted octanol–water partition coefficient (Wildman–Crippen LogP) is 18.9. The molecule has 71 heavy (non-hydrogen) atoms. The van der Waals surface area contributed by atoms with Gasteiger partial charge in [-0.3, -0.25) is 13.8 Å². The molecule has 3 N–H and O–H groups in total. The van der Waals surface area contributed by atoms with Gasteiger partial charge in [-0.25, -0.2) is 4.57 Å². The van der Waals surface area contributed by atoms with Crippen molar-refractivity contribution in [2.75, 3.05) is 40.9 Å². The second kappa shape index (κ2) is 53.5. The lowest BCUT2D eigenvalue weighted by Gasteiger charge is -2.25. The van der Waals surface area contributed by atoms with Crippen molar-refractivity contribution in [2.45, 2.75) is 315 Å². The summed E-state index contributed by atoms with van der Waals surface area (Å²) in [7, 11) is 1.57. The van der Waals surface area contributed by atoms with E-state index >= 15 is 0 Å². The fraction of sp³-hybridized carbons (Fsp3) is 0.887. The van der Waals surface area contributed by atoms with Crippen LogP contribution >= 0.6 is 7.82 Å². The number of likely N-dealkylation sites (N-methyl/N-ethyl adjacent to an activating group) is 1. The van der Waals surface area contributed by atoms with Crippen molar-refractivity contribution in [1.82, 2.24) is 5.32 Å². The molecule has 0 radical (unpaired) electrons. The number of carbonyl (C=O) groups excluding carboxylic acids is 1. The number of unbranched alkanes of at least 4 members (excludes halogenated alkanes) is 40. The number of quaternary nitrogens is 1. The van der Waals surface area contributed by atoms with Gasteiger partial charge in [-0.2, -0.15) is 0 Å². The van der Waals surface area contributed by atoms with Gasteiger partial charge in [-0.1, -0.05) is 275 Å². The van der Waals surface area contributed by atoms with E-state index in [1.165, 1.54) is 244 Å². The van der Waals surface area contributed by atoms with Gasteiger partial charge < -0.3 is 19.8 Å². The average Bonchev–Trinajstić information content (AvgIpc) is 3.33. The van der Waals surface area contributed by atoms with Gasteiger partial charge in [0.25, 0.3) is 0 Å². The van der Waals surface area contributed by atoms with Crippen molar-refractivity contribution < 1.29 is 32.9 Å². The van der Waals surface area contributed by atoms with Crippen LogP contribution < -0.4 is 5.32 Å². The minimum absolute atomic E-state index is 0.0575. The monoisotopic (exact) mass is 1020 g/mol. The Balaban J connectivity index is 4.17. The molecule has 0 aromatic rings. The van der Waals surface area contributed by atoms with Crippen LogP contribution in [0.25, 0.3) is 0 Å². The minimum Gasteiger partial charge on any atom is -0.387 e. The number of phosphoric acid groups is 1. The van der Waals surface area contributed by atoms with Crippen LogP contribution in [0.4, 0.5) is 0 Å². The molecular weight excluding hydrogens is 900 g/mol. The van der Waals surface area contributed by atoms with E-state index in [0.717, 1.165) is 38.5 Å². The van der Waals surface area contributed by atoms with Crippen molar-refractivity contribution in [1.29, 1.82) is 0 Å². The number of rotatable bonds is 57. The number of phosphoric ester groups is 1. The maximum atomic E-state index is 13.0. The average molecular weight is 1020 g/mol. The van der Waals surface area contributed by atoms with E-state index < -0.39 is 20.0 Å². The van der Waals surface area contributed by atoms with Crippen LogP contribution in [0.15, 0.2) is 36.5 Å². The van der Waals surface area contributed by atoms with Crippen molar-refractivity contribution in [3.05, 3.63) is 36.5 Å². The number of carbonyl (C=O) groups is 1. The molecule has 8 nitrogen and oxygen atoms in total. The standard InChI is InChI=1S/C62H121N2O6P/c1-6-8-10-12-14-16-18-20-22-24-26-28-30-31-32-33-34-36-38-40-42-44-46-48-50-52-54-56-62(66)63-60(59-70-71(67,68)69-58-57-64(3,4)5)61(65)55-53-51-49-47-45-43-41-39-37-35-29-27-25-23-21-19-17-15-13-11-9-7-2/h24,26,45,47,53,55,60-61,65H,6-23,25,27-44,46,48-52,54,56-59H2,1-5H3,(H-,63,66,67,68)/p+1/b26-24-,47-45+,55-53+. The number of nitrogens with zero attached hydrogens (tertiary/aromatic N) is 1. The van der Waals surface area contributed by atoms with Gasteiger partial charge in [0.15, 0.2) is 0 Å². The molecule has 0 spiro atoms. The van der Waals surface area contributed by atoms with Crippen LogP contribution in [0.5, 0.6) is 0 Å². The first-order valence-corrected chi connectivity index (χ1v) is 32.4. The summed E-state index contributed by atoms with van der Waals surface area (Å²) in [6, 6.07) is -0.863. The van der Waals surface area contributed by atoms with Crippen molar-refractivity contribution in [3.8, 4) is 0 Å². The first-order chi connectivity index (χ1) is 34.5. The smallest absolute Gasteiger partial charge is 0.387 e. The zero-order valence-corrected chi connectivity index (χ0v) is 48.9. The van der Waals surface area contributed by atoms with Gasteiger partial charge in [0, 0.05) is 6.42 Å². The van der Waals surface area contributed by atoms with E-state index in [1.807, 2.05) is 27.2 Å². The molecule has 0 aliphatic heterocycles. The number of nitrogens with one attached hydrogen (secondary N) is 1. The van der Waals surface area contributed by atoms with E-state index in [4.69, 9.17) is 9.05 Å². The Morgan fingerprint density at radius 3 is 1.13 bits per heavy atom. The van der Waals surface area contributed by atoms with Crippen LogP contribution in [-0.4, -0.2) is 73.4 Å². The summed E-state index contributed by atoms with van der Waals surface area (Å²) < 4.78 is 23.7. The molecule has 0 saturated carbocycles. The fourth-order valence-corrected chi connectivity index (χ4v) is 9.97. The highest BCUT2D eigenvalue weighted by atomic mass is 31.2. The van der Waals surface area contributed by atoms with Gasteiger partial charge in [0.05, 0.1) is 39.9 Å². The highest BCUT2D eigenvalue weighted by molar-refractivity contribution is 7.47. The Morgan fingerprint density at radius 2 is 0.775 bits per heavy atom. The van der Waals surface area contributed by atoms with Crippen LogP contribution in [-0.2, 0) is 18.4 Å². The fourth-order valence-electron chi connectivity index (χ4n) is 9.23. The topological polar surface area (TPSA) is 105 Å². The molecule has 1 amide bonds. The van der Waals surface area contributed by atoms with Crippen LogP contribution in [0.3, 0.4) is 0 Å². The molecule has 0 heterocycles. The summed E-state index contributed by atoms with van der Waals surface area (Å²) >= 11 is 0. The summed E-state index contributed by atoms with van der Waals surface area (Å²) in [5, 5.41) is 13.9. The minimum atomic E-state index is -4.36. The third-order valence-electron chi connectivity index (χ3n) is 14.1. The predicted molar refractivity (Wildman–Crippen MR) is 309 cm³/mol. The first-order valence-electron chi connectivity index (χ1n) is 30.9. The molecule has 0 saturated heterocycles. The second-order valence-electron chi connectivity index (χ2n) is 22.4. The summed E-state index contributed by atoms with van der Waals surface area (Å²) in [5.74, 6) is -0.182. The summed E-state index contributed by atoms with van der Waals surface area (Å²) in [5.41, 5.74) is 0. The summed E-state index contributed by atoms with van der Waals surface area (Å²) in [6.45, 7) is 4.84. The molecule has 0 aliphatic rings. The van der Waals surface area contributed by atoms with E-state index in [1.54, 1.807) is 6.08 Å². The maximum absolute atomic E-state index is 13.0. The molecule has 0 fully saturated rings. The third-order valence-corrected chi connectivity index (χ3v) is 15.1. The Kier molecular flexibility index (Phi) is 52.6. The number of allylic oxidation sites excluding steroid dienone is 5. The van der Waals surface area contributed by atoms with Crippen LogP contribution in [0.1, 0.15) is 303 Å². The number of hydrogen-bond acceptors (Lipinski definition) is 5. The van der Waals surface area contributed by atoms with Gasteiger partial charge in [0.1, 0.15) is 13.2 Å². The lowest BCUT2D eigenvalue weighted by molar-refractivity contribution is -0.870. The number of aliphatic hydroxyl groups excluding tert-OH is 1. The van der Waals surface area contributed by atoms with Gasteiger partial charge in [-0.05, 0) is 57.8 Å². The van der Waals surface area contributed by atoms with Crippen molar-refractivity contribution >= 4 is 13.7 Å². The van der Waals surface area contributed by atoms with Crippen LogP contribution in [0.2, 0.25) is 0 Å². The third kappa shape index (κ3) is 56.3. The molecule has 3 atom stereocenters. The van der Waals surface area contributed by atoms with Gasteiger partial charge >= 0.3 is 7.82 Å². The largest absolute Gasteiger partial charge is 0.472 e. The summed E-state index contributed by atoms with van der Waals surface area (Å²) in [6.07, 6.45) is 69.8. The molecule has 420 valence electrons. The lowest BCUT2D eigenvalue weighted by Crippen LogP contribution is -2.45.